The van der Waals surface area contributed by atoms with Crippen molar-refractivity contribution in [3.05, 3.63) is 72.9 Å². The zero-order valence-corrected chi connectivity index (χ0v) is 57.8. The molecule has 0 saturated carbocycles. The molecule has 0 spiro atoms. The zero-order chi connectivity index (χ0) is 64.6. The summed E-state index contributed by atoms with van der Waals surface area (Å²) in [5, 5.41) is 57.3. The van der Waals surface area contributed by atoms with Crippen molar-refractivity contribution in [1.29, 1.82) is 0 Å². The minimum absolute atomic E-state index is 0.124. The second kappa shape index (κ2) is 65.2. The van der Waals surface area contributed by atoms with E-state index >= 15 is 0 Å². The molecule has 6 N–H and O–H groups in total. The molecule has 1 saturated heterocycles. The number of unbranched alkanes of at least 4 members (excludes halogenated alkanes) is 41. The number of nitrogens with one attached hydrogen (secondary N) is 1. The van der Waals surface area contributed by atoms with Crippen molar-refractivity contribution in [2.75, 3.05) is 13.2 Å². The number of amides is 1. The van der Waals surface area contributed by atoms with Crippen LogP contribution in [0.5, 0.6) is 0 Å². The van der Waals surface area contributed by atoms with E-state index in [-0.39, 0.29) is 19.4 Å². The summed E-state index contributed by atoms with van der Waals surface area (Å²) in [4.78, 5) is 26.7. The Morgan fingerprint density at radius 3 is 1.19 bits per heavy atom. The predicted octanol–water partition coefficient (Wildman–Crippen LogP) is 19.9. The lowest BCUT2D eigenvalue weighted by atomic mass is 9.99. The second-order valence-electron chi connectivity index (χ2n) is 26.0. The van der Waals surface area contributed by atoms with E-state index in [1.54, 1.807) is 6.08 Å². The van der Waals surface area contributed by atoms with E-state index in [4.69, 9.17) is 14.2 Å². The molecule has 1 aliphatic rings. The van der Waals surface area contributed by atoms with Crippen molar-refractivity contribution < 1.29 is 49.3 Å². The molecular formula is C78H141NO10. The number of rotatable bonds is 65. The molecule has 0 bridgehead atoms. The Bertz CT molecular complexity index is 1730. The Morgan fingerprint density at radius 2 is 0.775 bits per heavy atom. The lowest BCUT2D eigenvalue weighted by Gasteiger charge is -2.41. The van der Waals surface area contributed by atoms with Gasteiger partial charge in [0, 0.05) is 6.42 Å². The summed E-state index contributed by atoms with van der Waals surface area (Å²) in [6.45, 7) is 5.79. The Hall–Kier alpha value is -2.90. The monoisotopic (exact) mass is 1250 g/mol. The summed E-state index contributed by atoms with van der Waals surface area (Å²) in [5.41, 5.74) is 0. The summed E-state index contributed by atoms with van der Waals surface area (Å²) in [5.74, 6) is -1.19. The van der Waals surface area contributed by atoms with Gasteiger partial charge in [0.05, 0.1) is 25.4 Å². The largest absolute Gasteiger partial charge is 0.454 e. The van der Waals surface area contributed by atoms with Crippen LogP contribution in [0.15, 0.2) is 72.9 Å². The van der Waals surface area contributed by atoms with Crippen LogP contribution in [-0.2, 0) is 23.8 Å². The number of esters is 1. The molecule has 1 heterocycles. The Balaban J connectivity index is 2.52. The van der Waals surface area contributed by atoms with Crippen molar-refractivity contribution in [1.82, 2.24) is 5.32 Å². The second-order valence-corrected chi connectivity index (χ2v) is 26.0. The fraction of sp³-hybridized carbons (Fsp3) is 0.821. The summed E-state index contributed by atoms with van der Waals surface area (Å²) >= 11 is 0. The Kier molecular flexibility index (Phi) is 61.6. The molecule has 0 aromatic carbocycles. The lowest BCUT2D eigenvalue weighted by molar-refractivity contribution is -0.305. The average molecular weight is 1250 g/mol. The minimum Gasteiger partial charge on any atom is -0.454 e. The Morgan fingerprint density at radius 1 is 0.438 bits per heavy atom. The van der Waals surface area contributed by atoms with Crippen LogP contribution >= 0.6 is 0 Å². The number of carbonyl (C=O) groups is 2. The van der Waals surface area contributed by atoms with Gasteiger partial charge in [0.25, 0.3) is 0 Å². The van der Waals surface area contributed by atoms with Gasteiger partial charge in [0.2, 0.25) is 5.91 Å². The molecule has 0 aliphatic carbocycles. The van der Waals surface area contributed by atoms with Crippen LogP contribution in [0.2, 0.25) is 0 Å². The number of hydrogen-bond donors (Lipinski definition) is 6. The summed E-state index contributed by atoms with van der Waals surface area (Å²) in [6.07, 6.45) is 75.2. The maximum absolute atomic E-state index is 13.5. The van der Waals surface area contributed by atoms with E-state index in [1.165, 1.54) is 218 Å². The van der Waals surface area contributed by atoms with Gasteiger partial charge in [-0.05, 0) is 96.3 Å². The van der Waals surface area contributed by atoms with Crippen molar-refractivity contribution in [2.24, 2.45) is 0 Å². The number of carbonyl (C=O) groups excluding carboxylic acids is 2. The topological polar surface area (TPSA) is 175 Å². The molecule has 8 unspecified atom stereocenters. The minimum atomic E-state index is -1.62. The van der Waals surface area contributed by atoms with E-state index in [9.17, 15) is 35.1 Å². The number of allylic oxidation sites excluding steroid dienone is 11. The fourth-order valence-electron chi connectivity index (χ4n) is 11.6. The van der Waals surface area contributed by atoms with Crippen molar-refractivity contribution in [3.63, 3.8) is 0 Å². The molecule has 0 radical (unpaired) electrons. The van der Waals surface area contributed by atoms with Crippen molar-refractivity contribution in [3.8, 4) is 0 Å². The first-order valence-electron chi connectivity index (χ1n) is 37.7. The van der Waals surface area contributed by atoms with E-state index in [0.29, 0.717) is 12.8 Å². The molecule has 0 aromatic heterocycles. The van der Waals surface area contributed by atoms with E-state index < -0.39 is 67.4 Å². The molecule has 1 rings (SSSR count). The Labute approximate surface area is 547 Å². The maximum atomic E-state index is 13.5. The maximum Gasteiger partial charge on any atom is 0.306 e. The molecule has 89 heavy (non-hydrogen) atoms. The fourth-order valence-corrected chi connectivity index (χ4v) is 11.6. The molecule has 0 aromatic rings. The van der Waals surface area contributed by atoms with Gasteiger partial charge < -0.3 is 45.1 Å². The zero-order valence-electron chi connectivity index (χ0n) is 57.8. The number of aliphatic hydroxyl groups excluding tert-OH is 5. The SMILES string of the molecule is CCCCC/C=C\C/C=C\C/C=C\C/C=C\CCCCCCCCCCCCC(O)C(=O)NC(COC1OC(CO)C(O)C(O)C1OC(=O)CCCCCCCCCCCCCCC/C=C/CCCCCCCC)C(O)/C=C/CCCCCCCCCCC. The molecule has 11 nitrogen and oxygen atoms in total. The standard InChI is InChI=1S/C78H141NO10/c1-4-7-10-13-16-19-22-24-26-28-30-32-34-35-36-38-39-41-43-45-47-50-53-56-59-62-65-71(82)77(86)79-69(70(81)64-61-58-55-52-49-21-18-15-12-9-6-3)68-87-78-76(75(85)74(84)72(67-80)88-78)89-73(83)66-63-60-57-54-51-48-46-44-42-40-37-33-31-29-27-25-23-20-17-14-11-8-5-2/h16,19,24-27,30,32,35-36,61,64,69-72,74-76,78,80-82,84-85H,4-15,17-18,20-23,28-29,31,33-34,37-60,62-63,65-68H2,1-3H3,(H,79,86)/b19-16-,26-24-,27-25+,32-30-,36-35-,64-61+. The number of hydrogen-bond acceptors (Lipinski definition) is 10. The van der Waals surface area contributed by atoms with Crippen LogP contribution in [0.25, 0.3) is 0 Å². The van der Waals surface area contributed by atoms with E-state index in [1.807, 2.05) is 6.08 Å². The smallest absolute Gasteiger partial charge is 0.306 e. The van der Waals surface area contributed by atoms with Gasteiger partial charge in [-0.15, -0.1) is 0 Å². The molecule has 518 valence electrons. The quantitative estimate of drug-likeness (QED) is 0.0195. The van der Waals surface area contributed by atoms with E-state index in [2.05, 4.69) is 86.8 Å². The lowest BCUT2D eigenvalue weighted by Crippen LogP contribution is -2.61. The summed E-state index contributed by atoms with van der Waals surface area (Å²) in [7, 11) is 0. The average Bonchev–Trinajstić information content (AvgIpc) is 2.45. The van der Waals surface area contributed by atoms with Crippen molar-refractivity contribution in [2.45, 2.75) is 397 Å². The summed E-state index contributed by atoms with van der Waals surface area (Å²) < 4.78 is 17.7. The number of aliphatic hydroxyl groups is 5. The van der Waals surface area contributed by atoms with Gasteiger partial charge in [0.15, 0.2) is 12.4 Å². The molecule has 1 amide bonds. The normalized spacial score (nSPS) is 18.5. The first-order valence-corrected chi connectivity index (χ1v) is 37.7. The van der Waals surface area contributed by atoms with Crippen LogP contribution in [0.1, 0.15) is 348 Å². The molecule has 1 fully saturated rings. The highest BCUT2D eigenvalue weighted by Crippen LogP contribution is 2.26. The highest BCUT2D eigenvalue weighted by molar-refractivity contribution is 5.80. The van der Waals surface area contributed by atoms with Crippen LogP contribution in [0.3, 0.4) is 0 Å². The third kappa shape index (κ3) is 52.2. The van der Waals surface area contributed by atoms with Gasteiger partial charge in [-0.1, -0.05) is 318 Å². The van der Waals surface area contributed by atoms with Gasteiger partial charge in [-0.25, -0.2) is 0 Å². The van der Waals surface area contributed by atoms with Gasteiger partial charge >= 0.3 is 5.97 Å². The van der Waals surface area contributed by atoms with Gasteiger partial charge in [0.1, 0.15) is 24.4 Å². The van der Waals surface area contributed by atoms with Crippen molar-refractivity contribution >= 4 is 11.9 Å². The predicted molar refractivity (Wildman–Crippen MR) is 375 cm³/mol. The summed E-state index contributed by atoms with van der Waals surface area (Å²) in [6, 6.07) is -1.03. The third-order valence-electron chi connectivity index (χ3n) is 17.6. The first kappa shape index (κ1) is 84.1. The van der Waals surface area contributed by atoms with Crippen LogP contribution in [0, 0.1) is 0 Å². The molecule has 1 aliphatic heterocycles. The van der Waals surface area contributed by atoms with Gasteiger partial charge in [-0.2, -0.15) is 0 Å². The molecule has 11 heteroatoms. The number of ether oxygens (including phenoxy) is 3. The molecular weight excluding hydrogens is 1110 g/mol. The van der Waals surface area contributed by atoms with Crippen LogP contribution < -0.4 is 5.32 Å². The first-order chi connectivity index (χ1) is 43.7. The van der Waals surface area contributed by atoms with Gasteiger partial charge in [-0.3, -0.25) is 9.59 Å². The third-order valence-corrected chi connectivity index (χ3v) is 17.6. The highest BCUT2D eigenvalue weighted by atomic mass is 16.7. The molecule has 8 atom stereocenters. The van der Waals surface area contributed by atoms with E-state index in [0.717, 1.165) is 83.5 Å². The highest BCUT2D eigenvalue weighted by Gasteiger charge is 2.47. The van der Waals surface area contributed by atoms with Crippen LogP contribution in [0.4, 0.5) is 0 Å². The van der Waals surface area contributed by atoms with Crippen LogP contribution in [-0.4, -0.2) is 99.6 Å².